The van der Waals surface area contributed by atoms with Crippen molar-refractivity contribution in [1.29, 1.82) is 0 Å². The molecule has 0 unspecified atom stereocenters. The van der Waals surface area contributed by atoms with E-state index in [0.717, 1.165) is 11.6 Å². The molecule has 0 atom stereocenters. The number of esters is 1. The number of nitrogens with zero attached hydrogens (tertiary/aromatic N) is 1. The van der Waals surface area contributed by atoms with E-state index < -0.39 is 5.97 Å². The van der Waals surface area contributed by atoms with Crippen LogP contribution in [0.5, 0.6) is 11.5 Å². The third-order valence-corrected chi connectivity index (χ3v) is 4.04. The summed E-state index contributed by atoms with van der Waals surface area (Å²) in [5.41, 5.74) is 0.769. The molecule has 1 aliphatic heterocycles. The fourth-order valence-electron chi connectivity index (χ4n) is 2.72. The molecule has 1 amide bonds. The van der Waals surface area contributed by atoms with Gasteiger partial charge in [0.2, 0.25) is 5.91 Å². The summed E-state index contributed by atoms with van der Waals surface area (Å²) < 4.78 is 15.8. The van der Waals surface area contributed by atoms with Crippen molar-refractivity contribution in [2.75, 3.05) is 27.3 Å². The van der Waals surface area contributed by atoms with Crippen LogP contribution in [0, 0.1) is 0 Å². The van der Waals surface area contributed by atoms with Gasteiger partial charge in [-0.05, 0) is 12.1 Å². The second-order valence-corrected chi connectivity index (χ2v) is 5.58. The Balaban J connectivity index is 1.96. The number of amides is 1. The molecule has 6 nitrogen and oxygen atoms in total. The van der Waals surface area contributed by atoms with Crippen molar-refractivity contribution in [1.82, 2.24) is 4.90 Å². The largest absolute Gasteiger partial charge is 0.493 e. The van der Waals surface area contributed by atoms with E-state index in [4.69, 9.17) is 14.2 Å². The second-order valence-electron chi connectivity index (χ2n) is 5.58. The van der Waals surface area contributed by atoms with Crippen LogP contribution in [0.1, 0.15) is 18.4 Å². The molecule has 1 heterocycles. The van der Waals surface area contributed by atoms with E-state index in [2.05, 4.69) is 6.58 Å². The maximum Gasteiger partial charge on any atom is 0.330 e. The summed E-state index contributed by atoms with van der Waals surface area (Å²) in [5.74, 6) is 0.694. The quantitative estimate of drug-likeness (QED) is 0.585. The Labute approximate surface area is 147 Å². The molecule has 1 aliphatic rings. The first kappa shape index (κ1) is 18.6. The molecule has 1 saturated heterocycles. The van der Waals surface area contributed by atoms with E-state index in [1.807, 2.05) is 12.1 Å². The summed E-state index contributed by atoms with van der Waals surface area (Å²) in [7, 11) is 3.13. The first-order valence-electron chi connectivity index (χ1n) is 8.10. The van der Waals surface area contributed by atoms with Gasteiger partial charge < -0.3 is 19.1 Å². The first-order chi connectivity index (χ1) is 12.1. The normalized spacial score (nSPS) is 15.0. The molecule has 0 spiro atoms. The molecule has 1 fully saturated rings. The highest BCUT2D eigenvalue weighted by Crippen LogP contribution is 2.31. The summed E-state index contributed by atoms with van der Waals surface area (Å²) in [4.78, 5) is 25.3. The van der Waals surface area contributed by atoms with Gasteiger partial charge in [-0.25, -0.2) is 4.79 Å². The predicted molar refractivity (Wildman–Crippen MR) is 94.5 cm³/mol. The Hall–Kier alpha value is -2.76. The number of ether oxygens (including phenoxy) is 3. The first-order valence-corrected chi connectivity index (χ1v) is 8.10. The number of methoxy groups -OCH3 is 2. The number of hydrogen-bond acceptors (Lipinski definition) is 5. The molecule has 0 saturated carbocycles. The molecule has 6 heteroatoms. The lowest BCUT2D eigenvalue weighted by Crippen LogP contribution is -2.40. The molecular formula is C19H23NO5. The van der Waals surface area contributed by atoms with Gasteiger partial charge in [-0.2, -0.15) is 0 Å². The molecule has 1 aromatic carbocycles. The topological polar surface area (TPSA) is 65.1 Å². The lowest BCUT2D eigenvalue weighted by molar-refractivity contribution is -0.145. The SMILES string of the molecule is C=CC(=O)OC1CCN(C(=O)/C=C/c2cccc(OC)c2OC)CC1. The van der Waals surface area contributed by atoms with Crippen LogP contribution in [0.3, 0.4) is 0 Å². The van der Waals surface area contributed by atoms with Crippen LogP contribution in [0.15, 0.2) is 36.9 Å². The molecule has 0 aliphatic carbocycles. The van der Waals surface area contributed by atoms with Crippen LogP contribution in [0.4, 0.5) is 0 Å². The summed E-state index contributed by atoms with van der Waals surface area (Å²) in [6.07, 6.45) is 5.49. The van der Waals surface area contributed by atoms with Gasteiger partial charge in [-0.1, -0.05) is 18.7 Å². The number of likely N-dealkylation sites (tertiary alicyclic amines) is 1. The average molecular weight is 345 g/mol. The predicted octanol–water partition coefficient (Wildman–Crippen LogP) is 2.44. The monoisotopic (exact) mass is 345 g/mol. The van der Waals surface area contributed by atoms with Crippen molar-refractivity contribution in [3.63, 3.8) is 0 Å². The van der Waals surface area contributed by atoms with E-state index in [-0.39, 0.29) is 12.0 Å². The van der Waals surface area contributed by atoms with Crippen LogP contribution in [-0.2, 0) is 14.3 Å². The minimum atomic E-state index is -0.421. The van der Waals surface area contributed by atoms with E-state index >= 15 is 0 Å². The van der Waals surface area contributed by atoms with Crippen LogP contribution in [-0.4, -0.2) is 50.2 Å². The highest BCUT2D eigenvalue weighted by molar-refractivity contribution is 5.92. The number of carbonyl (C=O) groups excluding carboxylic acids is 2. The van der Waals surface area contributed by atoms with Crippen molar-refractivity contribution >= 4 is 18.0 Å². The number of para-hydroxylation sites is 1. The maximum absolute atomic E-state index is 12.4. The molecule has 134 valence electrons. The fourth-order valence-corrected chi connectivity index (χ4v) is 2.72. The number of benzene rings is 1. The zero-order valence-corrected chi connectivity index (χ0v) is 14.6. The summed E-state index contributed by atoms with van der Waals surface area (Å²) in [6.45, 7) is 4.48. The standard InChI is InChI=1S/C19H23NO5/c1-4-18(22)25-15-10-12-20(13-11-15)17(21)9-8-14-6-5-7-16(23-2)19(14)24-3/h4-9,15H,1,10-13H2,2-3H3/b9-8+. The molecular weight excluding hydrogens is 322 g/mol. The molecule has 25 heavy (non-hydrogen) atoms. The number of carbonyl (C=O) groups is 2. The van der Waals surface area contributed by atoms with Crippen molar-refractivity contribution < 1.29 is 23.8 Å². The molecule has 0 N–H and O–H groups in total. The molecule has 0 radical (unpaired) electrons. The number of hydrogen-bond donors (Lipinski definition) is 0. The van der Waals surface area contributed by atoms with Gasteiger partial charge in [0.1, 0.15) is 6.10 Å². The number of rotatable bonds is 6. The third kappa shape index (κ3) is 4.86. The van der Waals surface area contributed by atoms with Crippen molar-refractivity contribution in [3.8, 4) is 11.5 Å². The Morgan fingerprint density at radius 2 is 1.92 bits per heavy atom. The van der Waals surface area contributed by atoms with Crippen molar-refractivity contribution in [2.24, 2.45) is 0 Å². The van der Waals surface area contributed by atoms with E-state index in [9.17, 15) is 9.59 Å². The average Bonchev–Trinajstić information content (AvgIpc) is 2.65. The van der Waals surface area contributed by atoms with Gasteiger partial charge in [0.15, 0.2) is 11.5 Å². The van der Waals surface area contributed by atoms with Crippen molar-refractivity contribution in [2.45, 2.75) is 18.9 Å². The molecule has 0 bridgehead atoms. The van der Waals surface area contributed by atoms with Gasteiger partial charge >= 0.3 is 5.97 Å². The van der Waals surface area contributed by atoms with Gasteiger partial charge in [0.05, 0.1) is 14.2 Å². The molecule has 2 rings (SSSR count). The zero-order valence-electron chi connectivity index (χ0n) is 14.6. The summed E-state index contributed by atoms with van der Waals surface area (Å²) in [5, 5.41) is 0. The third-order valence-electron chi connectivity index (χ3n) is 4.04. The maximum atomic E-state index is 12.4. The van der Waals surface area contributed by atoms with Gasteiger partial charge in [0, 0.05) is 43.6 Å². The van der Waals surface area contributed by atoms with E-state index in [1.165, 1.54) is 6.08 Å². The van der Waals surface area contributed by atoms with Crippen molar-refractivity contribution in [3.05, 3.63) is 42.5 Å². The second kappa shape index (κ2) is 8.92. The van der Waals surface area contributed by atoms with Gasteiger partial charge in [-0.15, -0.1) is 0 Å². The van der Waals surface area contributed by atoms with Crippen LogP contribution < -0.4 is 9.47 Å². The lowest BCUT2D eigenvalue weighted by atomic mass is 10.1. The summed E-state index contributed by atoms with van der Waals surface area (Å²) in [6, 6.07) is 5.49. The van der Waals surface area contributed by atoms with Crippen LogP contribution in [0.25, 0.3) is 6.08 Å². The smallest absolute Gasteiger partial charge is 0.330 e. The van der Waals surface area contributed by atoms with Gasteiger partial charge in [-0.3, -0.25) is 4.79 Å². The van der Waals surface area contributed by atoms with E-state index in [0.29, 0.717) is 37.4 Å². The Morgan fingerprint density at radius 3 is 2.52 bits per heavy atom. The Kier molecular flexibility index (Phi) is 6.62. The summed E-state index contributed by atoms with van der Waals surface area (Å²) >= 11 is 0. The zero-order chi connectivity index (χ0) is 18.2. The lowest BCUT2D eigenvalue weighted by Gasteiger charge is -2.30. The Morgan fingerprint density at radius 1 is 1.20 bits per heavy atom. The minimum absolute atomic E-state index is 0.0848. The Bertz CT molecular complexity index is 660. The fraction of sp³-hybridized carbons (Fsp3) is 0.368. The van der Waals surface area contributed by atoms with E-state index in [1.54, 1.807) is 31.3 Å². The highest BCUT2D eigenvalue weighted by Gasteiger charge is 2.23. The highest BCUT2D eigenvalue weighted by atomic mass is 16.5. The molecule has 0 aromatic heterocycles. The van der Waals surface area contributed by atoms with Crippen LogP contribution >= 0.6 is 0 Å². The minimum Gasteiger partial charge on any atom is -0.493 e. The molecule has 1 aromatic rings. The van der Waals surface area contributed by atoms with Gasteiger partial charge in [0.25, 0.3) is 0 Å². The van der Waals surface area contributed by atoms with Crippen LogP contribution in [0.2, 0.25) is 0 Å². The number of piperidine rings is 1.